The molecule has 0 amide bonds. The van der Waals surface area contributed by atoms with Crippen molar-refractivity contribution in [2.75, 3.05) is 0 Å². The number of aromatic nitrogens is 2. The molecule has 0 unspecified atom stereocenters. The Morgan fingerprint density at radius 1 is 1.12 bits per heavy atom. The maximum absolute atomic E-state index is 9.75. The molecule has 0 saturated heterocycles. The summed E-state index contributed by atoms with van der Waals surface area (Å²) in [6, 6.07) is 10.6. The van der Waals surface area contributed by atoms with Crippen molar-refractivity contribution < 1.29 is 9.90 Å². The number of allylic oxidation sites excluding steroid dienone is 3. The number of carbonyl (C=O) groups is 1. The minimum atomic E-state index is -0.914. The Balaban J connectivity index is 0.000000242. The first-order valence-electron chi connectivity index (χ1n) is 8.22. The molecule has 0 atom stereocenters. The Morgan fingerprint density at radius 2 is 1.84 bits per heavy atom. The lowest BCUT2D eigenvalue weighted by molar-refractivity contribution is -0.131. The molecular formula is C21H22N2O2. The van der Waals surface area contributed by atoms with Gasteiger partial charge in [0, 0.05) is 28.7 Å². The van der Waals surface area contributed by atoms with Crippen molar-refractivity contribution in [3.8, 4) is 0 Å². The lowest BCUT2D eigenvalue weighted by Crippen LogP contribution is -1.89. The zero-order valence-corrected chi connectivity index (χ0v) is 14.7. The van der Waals surface area contributed by atoms with Gasteiger partial charge >= 0.3 is 5.97 Å². The molecular weight excluding hydrogens is 312 g/mol. The van der Waals surface area contributed by atoms with Crippen molar-refractivity contribution >= 4 is 27.8 Å². The molecule has 0 aliphatic rings. The fourth-order valence-corrected chi connectivity index (χ4v) is 2.37. The molecule has 4 heteroatoms. The highest BCUT2D eigenvalue weighted by molar-refractivity contribution is 6.02. The highest BCUT2D eigenvalue weighted by atomic mass is 16.4. The zero-order valence-electron chi connectivity index (χ0n) is 14.7. The molecule has 2 heterocycles. The Morgan fingerprint density at radius 3 is 2.52 bits per heavy atom. The predicted octanol–water partition coefficient (Wildman–Crippen LogP) is 4.86. The second-order valence-electron chi connectivity index (χ2n) is 5.58. The molecule has 25 heavy (non-hydrogen) atoms. The van der Waals surface area contributed by atoms with Crippen LogP contribution < -0.4 is 0 Å². The number of hydrogen-bond acceptors (Lipinski definition) is 3. The van der Waals surface area contributed by atoms with Gasteiger partial charge in [-0.05, 0) is 38.0 Å². The van der Waals surface area contributed by atoms with Gasteiger partial charge in [0.05, 0.1) is 11.0 Å². The van der Waals surface area contributed by atoms with Crippen LogP contribution in [0.5, 0.6) is 0 Å². The molecule has 128 valence electrons. The van der Waals surface area contributed by atoms with Gasteiger partial charge in [0.2, 0.25) is 0 Å². The third kappa shape index (κ3) is 4.98. The number of benzene rings is 1. The number of aryl methyl sites for hydroxylation is 2. The first-order valence-corrected chi connectivity index (χ1v) is 8.22. The van der Waals surface area contributed by atoms with E-state index >= 15 is 0 Å². The molecule has 0 fully saturated rings. The minimum absolute atomic E-state index is 0.914. The minimum Gasteiger partial charge on any atom is -0.478 e. The Bertz CT molecular complexity index is 943. The summed E-state index contributed by atoms with van der Waals surface area (Å²) in [7, 11) is 0. The number of hydrogen-bond donors (Lipinski definition) is 1. The highest BCUT2D eigenvalue weighted by Crippen LogP contribution is 2.23. The van der Waals surface area contributed by atoms with Crippen LogP contribution in [0.2, 0.25) is 0 Å². The van der Waals surface area contributed by atoms with E-state index in [0.29, 0.717) is 0 Å². The van der Waals surface area contributed by atoms with Crippen LogP contribution in [0.3, 0.4) is 0 Å². The molecule has 0 bridgehead atoms. The van der Waals surface area contributed by atoms with Crippen molar-refractivity contribution in [1.29, 1.82) is 0 Å². The maximum Gasteiger partial charge on any atom is 0.328 e. The van der Waals surface area contributed by atoms with Crippen LogP contribution in [0.15, 0.2) is 60.8 Å². The van der Waals surface area contributed by atoms with Crippen LogP contribution in [0, 0.1) is 6.92 Å². The largest absolute Gasteiger partial charge is 0.478 e. The first-order chi connectivity index (χ1) is 12.0. The van der Waals surface area contributed by atoms with Crippen LogP contribution in [0.1, 0.15) is 25.1 Å². The van der Waals surface area contributed by atoms with Gasteiger partial charge in [0.1, 0.15) is 0 Å². The van der Waals surface area contributed by atoms with Crippen molar-refractivity contribution in [2.45, 2.75) is 27.2 Å². The number of pyridine rings is 2. The number of rotatable bonds is 3. The van der Waals surface area contributed by atoms with E-state index in [4.69, 9.17) is 5.11 Å². The fraction of sp³-hybridized carbons (Fsp3) is 0.190. The molecule has 0 spiro atoms. The summed E-state index contributed by atoms with van der Waals surface area (Å²) in [5.41, 5.74) is 4.31. The average molecular weight is 334 g/mol. The quantitative estimate of drug-likeness (QED) is 0.422. The standard InChI is InChI=1S/C15H14N2.C6H8O2/c1-3-11-8-13-7-6-12-5-4-10(2)17-15(12)14(13)16-9-11;1-2-3-4-5-6(7)8/h4-9H,3H2,1-2H3;2-5H,1H3,(H,7,8)/b;3-2+,5-4+. The molecule has 3 aromatic rings. The lowest BCUT2D eigenvalue weighted by atomic mass is 10.1. The number of fused-ring (bicyclic) bond motifs is 3. The van der Waals surface area contributed by atoms with Gasteiger partial charge in [0.15, 0.2) is 0 Å². The summed E-state index contributed by atoms with van der Waals surface area (Å²) >= 11 is 0. The Hall–Kier alpha value is -3.01. The normalized spacial score (nSPS) is 11.2. The molecule has 3 rings (SSSR count). The summed E-state index contributed by atoms with van der Waals surface area (Å²) in [5.74, 6) is -0.914. The van der Waals surface area contributed by atoms with E-state index in [9.17, 15) is 4.79 Å². The topological polar surface area (TPSA) is 63.1 Å². The van der Waals surface area contributed by atoms with Crippen LogP contribution in [0.4, 0.5) is 0 Å². The summed E-state index contributed by atoms with van der Waals surface area (Å²) in [4.78, 5) is 18.9. The number of carboxylic acids is 1. The Labute approximate surface area is 147 Å². The lowest BCUT2D eigenvalue weighted by Gasteiger charge is -2.04. The highest BCUT2D eigenvalue weighted by Gasteiger charge is 2.04. The van der Waals surface area contributed by atoms with Crippen LogP contribution in [0.25, 0.3) is 21.8 Å². The van der Waals surface area contributed by atoms with Crippen LogP contribution >= 0.6 is 0 Å². The first kappa shape index (κ1) is 18.3. The molecule has 0 saturated carbocycles. The SMILES string of the molecule is C/C=C/C=C/C(=O)O.CCc1cnc2c(ccc3ccc(C)nc32)c1. The summed E-state index contributed by atoms with van der Waals surface area (Å²) in [6.07, 6.45) is 8.95. The molecule has 1 N–H and O–H groups in total. The van der Waals surface area contributed by atoms with E-state index < -0.39 is 5.97 Å². The van der Waals surface area contributed by atoms with Gasteiger partial charge in [-0.15, -0.1) is 0 Å². The number of aliphatic carboxylic acids is 1. The van der Waals surface area contributed by atoms with Crippen molar-refractivity contribution in [3.05, 3.63) is 72.1 Å². The molecule has 2 aromatic heterocycles. The van der Waals surface area contributed by atoms with E-state index in [1.54, 1.807) is 12.2 Å². The van der Waals surface area contributed by atoms with Gasteiger partial charge in [-0.25, -0.2) is 4.79 Å². The second kappa shape index (κ2) is 8.73. The summed E-state index contributed by atoms with van der Waals surface area (Å²) < 4.78 is 0. The van der Waals surface area contributed by atoms with Gasteiger partial charge in [-0.1, -0.05) is 43.4 Å². The van der Waals surface area contributed by atoms with Crippen molar-refractivity contribution in [3.63, 3.8) is 0 Å². The van der Waals surface area contributed by atoms with E-state index in [1.807, 2.05) is 26.1 Å². The molecule has 0 aliphatic heterocycles. The van der Waals surface area contributed by atoms with E-state index in [2.05, 4.69) is 41.2 Å². The average Bonchev–Trinajstić information content (AvgIpc) is 2.61. The van der Waals surface area contributed by atoms with E-state index in [1.165, 1.54) is 17.0 Å². The fourth-order valence-electron chi connectivity index (χ4n) is 2.37. The van der Waals surface area contributed by atoms with E-state index in [0.717, 1.165) is 34.6 Å². The molecule has 1 aromatic carbocycles. The smallest absolute Gasteiger partial charge is 0.328 e. The second-order valence-corrected chi connectivity index (χ2v) is 5.58. The monoisotopic (exact) mass is 334 g/mol. The van der Waals surface area contributed by atoms with Crippen molar-refractivity contribution in [2.24, 2.45) is 0 Å². The predicted molar refractivity (Wildman–Crippen MR) is 103 cm³/mol. The van der Waals surface area contributed by atoms with Gasteiger partial charge in [-0.2, -0.15) is 0 Å². The molecule has 0 radical (unpaired) electrons. The zero-order chi connectivity index (χ0) is 18.2. The maximum atomic E-state index is 9.75. The van der Waals surface area contributed by atoms with Gasteiger partial charge < -0.3 is 5.11 Å². The third-order valence-corrected chi connectivity index (χ3v) is 3.66. The van der Waals surface area contributed by atoms with Gasteiger partial charge in [0.25, 0.3) is 0 Å². The van der Waals surface area contributed by atoms with Gasteiger partial charge in [-0.3, -0.25) is 9.97 Å². The number of nitrogens with zero attached hydrogens (tertiary/aromatic N) is 2. The van der Waals surface area contributed by atoms with Crippen molar-refractivity contribution in [1.82, 2.24) is 9.97 Å². The van der Waals surface area contributed by atoms with Crippen LogP contribution in [-0.4, -0.2) is 21.0 Å². The number of carboxylic acid groups (broad SMARTS) is 1. The molecule has 4 nitrogen and oxygen atoms in total. The van der Waals surface area contributed by atoms with E-state index in [-0.39, 0.29) is 0 Å². The Kier molecular flexibility index (Phi) is 6.40. The molecule has 0 aliphatic carbocycles. The van der Waals surface area contributed by atoms with Crippen LogP contribution in [-0.2, 0) is 11.2 Å². The third-order valence-electron chi connectivity index (χ3n) is 3.66. The summed E-state index contributed by atoms with van der Waals surface area (Å²) in [5, 5.41) is 10.3. The summed E-state index contributed by atoms with van der Waals surface area (Å²) in [6.45, 7) is 5.98.